The van der Waals surface area contributed by atoms with Crippen LogP contribution in [0.25, 0.3) is 21.8 Å². The third-order valence-corrected chi connectivity index (χ3v) is 16.2. The number of esters is 1. The lowest BCUT2D eigenvalue weighted by atomic mass is 9.49. The van der Waals surface area contributed by atoms with E-state index in [1.165, 1.54) is 0 Å². The van der Waals surface area contributed by atoms with Crippen molar-refractivity contribution in [1.82, 2.24) is 4.57 Å². The zero-order valence-corrected chi connectivity index (χ0v) is 26.5. The van der Waals surface area contributed by atoms with E-state index in [-0.39, 0.29) is 48.5 Å². The van der Waals surface area contributed by atoms with Crippen LogP contribution < -0.4 is 0 Å². The molecule has 4 saturated carbocycles. The molecular formula is C32H36F5NO5S2. The Labute approximate surface area is 260 Å². The maximum absolute atomic E-state index is 15.8. The highest BCUT2D eigenvalue weighted by Gasteiger charge is 2.69. The van der Waals surface area contributed by atoms with Crippen molar-refractivity contribution < 1.29 is 43.5 Å². The largest absolute Gasteiger partial charge is 0.444 e. The van der Waals surface area contributed by atoms with Gasteiger partial charge in [0.05, 0.1) is 5.41 Å². The van der Waals surface area contributed by atoms with Crippen molar-refractivity contribution in [2.24, 2.45) is 23.2 Å². The summed E-state index contributed by atoms with van der Waals surface area (Å²) in [5, 5.41) is -3.91. The molecule has 6 nitrogen and oxygen atoms in total. The average molecular weight is 674 g/mol. The molecular weight excluding hydrogens is 637 g/mol. The third kappa shape index (κ3) is 4.97. The van der Waals surface area contributed by atoms with E-state index in [0.717, 1.165) is 41.1 Å². The fraction of sp³-hybridized carbons (Fsp3) is 0.594. The molecule has 5 fully saturated rings. The molecule has 2 heterocycles. The van der Waals surface area contributed by atoms with Gasteiger partial charge >= 0.3 is 27.5 Å². The number of rotatable bonds is 8. The number of halogens is 5. The van der Waals surface area contributed by atoms with Crippen LogP contribution >= 0.6 is 10.3 Å². The maximum Gasteiger partial charge on any atom is 0.432 e. The number of para-hydroxylation sites is 1. The minimum Gasteiger partial charge on any atom is -0.444 e. The summed E-state index contributed by atoms with van der Waals surface area (Å²) in [6, 6.07) is 12.7. The molecule has 0 spiro atoms. The Morgan fingerprint density at radius 2 is 1.51 bits per heavy atom. The third-order valence-electron chi connectivity index (χ3n) is 10.5. The van der Waals surface area contributed by atoms with Crippen LogP contribution in [0.15, 0.2) is 47.4 Å². The molecule has 8 rings (SSSR count). The molecule has 13 heteroatoms. The minimum atomic E-state index is -6.23. The zero-order valence-electron chi connectivity index (χ0n) is 24.8. The molecule has 0 radical (unpaired) electrons. The highest BCUT2D eigenvalue weighted by molar-refractivity contribution is 8.33. The number of nitrogens with zero attached hydrogens (tertiary/aromatic N) is 1. The van der Waals surface area contributed by atoms with Crippen molar-refractivity contribution in [2.75, 3.05) is 11.5 Å². The summed E-state index contributed by atoms with van der Waals surface area (Å²) < 4.78 is 113. The molecule has 1 unspecified atom stereocenters. The lowest BCUT2D eigenvalue weighted by Gasteiger charge is -2.55. The predicted molar refractivity (Wildman–Crippen MR) is 161 cm³/mol. The Morgan fingerprint density at radius 1 is 0.933 bits per heavy atom. The standard InChI is InChI=1S/C32H36F5NO5S2/c1-2-38-26-8-4-3-7-24(26)25-16-23(9-10-27(25)38)44(11-5-6-12-44)43-45(40,41)32(36,37)28(31(33,34)35)42-29(39)30-17-20-13-21(18-30)15-22(14-20)19-30/h3-4,7-10,16,20-22,28H,2,5-6,11-15,17-19H2,1H3. The second kappa shape index (κ2) is 10.6. The fourth-order valence-corrected chi connectivity index (χ4v) is 14.7. The number of alkyl halides is 5. The van der Waals surface area contributed by atoms with Gasteiger partial charge in [-0.05, 0) is 100 Å². The van der Waals surface area contributed by atoms with Gasteiger partial charge in [-0.25, -0.2) is 3.63 Å². The first kappa shape index (κ1) is 31.2. The topological polar surface area (TPSA) is 74.6 Å². The van der Waals surface area contributed by atoms with E-state index < -0.39 is 49.3 Å². The number of carbonyl (C=O) groups is 1. The summed E-state index contributed by atoms with van der Waals surface area (Å²) in [6.07, 6.45) is -5.67. The van der Waals surface area contributed by atoms with E-state index >= 15 is 8.78 Å². The summed E-state index contributed by atoms with van der Waals surface area (Å²) in [6.45, 7) is 2.63. The van der Waals surface area contributed by atoms with Gasteiger partial charge < -0.3 is 9.30 Å². The number of benzene rings is 2. The van der Waals surface area contributed by atoms with Gasteiger partial charge in [0.25, 0.3) is 6.10 Å². The van der Waals surface area contributed by atoms with Crippen LogP contribution in [-0.4, -0.2) is 48.0 Å². The Morgan fingerprint density at radius 3 is 2.09 bits per heavy atom. The number of aryl methyl sites for hydroxylation is 1. The fourth-order valence-electron chi connectivity index (χ4n) is 8.99. The lowest BCUT2D eigenvalue weighted by Crippen LogP contribution is -2.56. The van der Waals surface area contributed by atoms with Crippen molar-refractivity contribution in [3.63, 3.8) is 0 Å². The number of hydrogen-bond donors (Lipinski definition) is 0. The number of aromatic nitrogens is 1. The second-order valence-electron chi connectivity index (χ2n) is 13.5. The lowest BCUT2D eigenvalue weighted by molar-refractivity contribution is -0.266. The van der Waals surface area contributed by atoms with Crippen molar-refractivity contribution in [3.05, 3.63) is 42.5 Å². The SMILES string of the molecule is CCn1c2ccccc2c2cc(S3(OS(=O)(=O)C(F)(F)C(OC(=O)C45CC6CC(CC(C6)C4)C5)C(F)(F)F)CCCC3)ccc21. The van der Waals surface area contributed by atoms with Gasteiger partial charge in [0.2, 0.25) is 0 Å². The first-order valence-corrected chi connectivity index (χ1v) is 18.9. The average Bonchev–Trinajstić information content (AvgIpc) is 3.56. The van der Waals surface area contributed by atoms with E-state index in [0.29, 0.717) is 24.3 Å². The highest BCUT2D eigenvalue weighted by atomic mass is 32.3. The first-order chi connectivity index (χ1) is 21.2. The van der Waals surface area contributed by atoms with Gasteiger partial charge in [-0.1, -0.05) is 28.5 Å². The summed E-state index contributed by atoms with van der Waals surface area (Å²) in [4.78, 5) is 13.7. The van der Waals surface area contributed by atoms with Crippen molar-refractivity contribution >= 4 is 48.2 Å². The zero-order chi connectivity index (χ0) is 32.0. The summed E-state index contributed by atoms with van der Waals surface area (Å²) in [7, 11) is -9.20. The number of ether oxygens (including phenoxy) is 1. The quantitative estimate of drug-likeness (QED) is 0.178. The normalized spacial score (nSPS) is 29.3. The van der Waals surface area contributed by atoms with Crippen LogP contribution in [0.3, 0.4) is 0 Å². The van der Waals surface area contributed by atoms with E-state index in [9.17, 15) is 26.4 Å². The van der Waals surface area contributed by atoms with Crippen molar-refractivity contribution in [2.45, 2.75) is 87.3 Å². The van der Waals surface area contributed by atoms with Gasteiger partial charge in [0.15, 0.2) is 0 Å². The van der Waals surface area contributed by atoms with Gasteiger partial charge in [-0.3, -0.25) is 4.79 Å². The molecule has 2 aromatic carbocycles. The molecule has 1 saturated heterocycles. The number of hydrogen-bond acceptors (Lipinski definition) is 5. The molecule has 0 N–H and O–H groups in total. The molecule has 3 aromatic rings. The molecule has 1 aromatic heterocycles. The van der Waals surface area contributed by atoms with Crippen molar-refractivity contribution in [1.29, 1.82) is 0 Å². The van der Waals surface area contributed by atoms with Gasteiger partial charge in [0.1, 0.15) is 0 Å². The van der Waals surface area contributed by atoms with Crippen LogP contribution in [0.5, 0.6) is 0 Å². The summed E-state index contributed by atoms with van der Waals surface area (Å²) in [5.74, 6) is -0.770. The van der Waals surface area contributed by atoms with E-state index in [4.69, 9.17) is 3.63 Å². The van der Waals surface area contributed by atoms with Gasteiger partial charge in [-0.15, -0.1) is 0 Å². The van der Waals surface area contributed by atoms with Gasteiger partial charge in [-0.2, -0.15) is 30.4 Å². The molecule has 4 bridgehead atoms. The molecule has 5 aliphatic rings. The van der Waals surface area contributed by atoms with E-state index in [1.54, 1.807) is 18.2 Å². The Hall–Kier alpha value is -2.38. The second-order valence-corrected chi connectivity index (χ2v) is 18.4. The van der Waals surface area contributed by atoms with Crippen LogP contribution in [0, 0.1) is 23.2 Å². The molecule has 0 amide bonds. The Bertz CT molecular complexity index is 1730. The van der Waals surface area contributed by atoms with Crippen LogP contribution in [0.2, 0.25) is 0 Å². The monoisotopic (exact) mass is 673 g/mol. The maximum atomic E-state index is 15.8. The molecule has 246 valence electrons. The van der Waals surface area contributed by atoms with E-state index in [1.807, 2.05) is 31.2 Å². The van der Waals surface area contributed by atoms with Crippen LogP contribution in [0.1, 0.15) is 58.3 Å². The first-order valence-electron chi connectivity index (χ1n) is 15.6. The van der Waals surface area contributed by atoms with Crippen LogP contribution in [-0.2, 0) is 29.8 Å². The number of fused-ring (bicyclic) bond motifs is 3. The minimum absolute atomic E-state index is 0.101. The smallest absolute Gasteiger partial charge is 0.432 e. The highest BCUT2D eigenvalue weighted by Crippen LogP contribution is 2.65. The number of carbonyl (C=O) groups excluding carboxylic acids is 1. The molecule has 45 heavy (non-hydrogen) atoms. The molecule has 1 aliphatic heterocycles. The molecule has 4 aliphatic carbocycles. The van der Waals surface area contributed by atoms with E-state index in [2.05, 4.69) is 9.30 Å². The molecule has 1 atom stereocenters. The Kier molecular flexibility index (Phi) is 7.33. The van der Waals surface area contributed by atoms with Crippen molar-refractivity contribution in [3.8, 4) is 0 Å². The predicted octanol–water partition coefficient (Wildman–Crippen LogP) is 8.32. The summed E-state index contributed by atoms with van der Waals surface area (Å²) in [5.41, 5.74) is 0.512. The summed E-state index contributed by atoms with van der Waals surface area (Å²) >= 11 is 0. The Balaban J connectivity index is 1.22. The van der Waals surface area contributed by atoms with Crippen LogP contribution in [0.4, 0.5) is 22.0 Å². The van der Waals surface area contributed by atoms with Gasteiger partial charge in [0, 0.05) is 44.8 Å².